The number of rotatable bonds is 4. The average Bonchev–Trinajstić information content (AvgIpc) is 2.45. The molecule has 0 bridgehead atoms. The highest BCUT2D eigenvalue weighted by molar-refractivity contribution is 6.32. The summed E-state index contributed by atoms with van der Waals surface area (Å²) in [6.07, 6.45) is 0. The summed E-state index contributed by atoms with van der Waals surface area (Å²) in [6.45, 7) is 7.52. The topological polar surface area (TPSA) is 35.2 Å². The molecule has 0 aliphatic carbocycles. The largest absolute Gasteiger partial charge is 0.487 e. The van der Waals surface area contributed by atoms with E-state index in [0.29, 0.717) is 23.9 Å². The molecule has 0 aliphatic rings. The van der Waals surface area contributed by atoms with Crippen molar-refractivity contribution in [3.05, 3.63) is 64.2 Å². The van der Waals surface area contributed by atoms with Crippen molar-refractivity contribution in [3.63, 3.8) is 0 Å². The van der Waals surface area contributed by atoms with Crippen molar-refractivity contribution in [3.8, 4) is 5.75 Å². The summed E-state index contributed by atoms with van der Waals surface area (Å²) in [4.78, 5) is 0. The van der Waals surface area contributed by atoms with Crippen LogP contribution in [-0.4, -0.2) is 0 Å². The lowest BCUT2D eigenvalue weighted by atomic mass is 9.87. The van der Waals surface area contributed by atoms with Gasteiger partial charge in [-0.2, -0.15) is 0 Å². The van der Waals surface area contributed by atoms with Gasteiger partial charge in [0.1, 0.15) is 12.4 Å². The molecular weight excluding hydrogens is 282 g/mol. The molecule has 0 fully saturated rings. The van der Waals surface area contributed by atoms with E-state index in [-0.39, 0.29) is 5.41 Å². The van der Waals surface area contributed by atoms with Gasteiger partial charge in [-0.1, -0.05) is 68.8 Å². The fourth-order valence-corrected chi connectivity index (χ4v) is 2.38. The third-order valence-electron chi connectivity index (χ3n) is 3.47. The molecule has 2 rings (SSSR count). The third kappa shape index (κ3) is 3.99. The van der Waals surface area contributed by atoms with Crippen molar-refractivity contribution in [1.29, 1.82) is 0 Å². The van der Waals surface area contributed by atoms with Gasteiger partial charge < -0.3 is 10.5 Å². The van der Waals surface area contributed by atoms with Crippen molar-refractivity contribution in [1.82, 2.24) is 0 Å². The Bertz CT molecular complexity index is 600. The van der Waals surface area contributed by atoms with Crippen molar-refractivity contribution >= 4 is 11.6 Å². The molecule has 21 heavy (non-hydrogen) atoms. The molecule has 0 radical (unpaired) electrons. The highest BCUT2D eigenvalue weighted by Crippen LogP contribution is 2.29. The Balaban J connectivity index is 2.10. The minimum Gasteiger partial charge on any atom is -0.487 e. The molecule has 0 atom stereocenters. The van der Waals surface area contributed by atoms with Crippen LogP contribution in [0, 0.1) is 0 Å². The van der Waals surface area contributed by atoms with Crippen LogP contribution in [0.4, 0.5) is 0 Å². The van der Waals surface area contributed by atoms with Gasteiger partial charge in [0.2, 0.25) is 0 Å². The molecule has 2 aromatic carbocycles. The Morgan fingerprint density at radius 2 is 1.71 bits per heavy atom. The maximum Gasteiger partial charge on any atom is 0.142 e. The zero-order valence-electron chi connectivity index (χ0n) is 12.8. The van der Waals surface area contributed by atoms with Gasteiger partial charge in [0.25, 0.3) is 0 Å². The number of hydrogen-bond donors (Lipinski definition) is 1. The van der Waals surface area contributed by atoms with E-state index < -0.39 is 0 Å². The number of hydrogen-bond acceptors (Lipinski definition) is 2. The van der Waals surface area contributed by atoms with Crippen molar-refractivity contribution in [2.24, 2.45) is 5.73 Å². The fourth-order valence-electron chi connectivity index (χ4n) is 2.13. The second kappa shape index (κ2) is 6.50. The molecule has 0 heterocycles. The molecule has 0 saturated carbocycles. The van der Waals surface area contributed by atoms with Crippen LogP contribution in [0.3, 0.4) is 0 Å². The van der Waals surface area contributed by atoms with Crippen LogP contribution < -0.4 is 10.5 Å². The van der Waals surface area contributed by atoms with Gasteiger partial charge >= 0.3 is 0 Å². The summed E-state index contributed by atoms with van der Waals surface area (Å²) in [7, 11) is 0. The van der Waals surface area contributed by atoms with Crippen LogP contribution in [0.15, 0.2) is 42.5 Å². The van der Waals surface area contributed by atoms with Gasteiger partial charge in [0.05, 0.1) is 5.02 Å². The normalized spacial score (nSPS) is 11.5. The molecule has 0 unspecified atom stereocenters. The molecule has 3 heteroatoms. The number of nitrogens with two attached hydrogens (primary N) is 1. The van der Waals surface area contributed by atoms with E-state index in [0.717, 1.165) is 11.1 Å². The van der Waals surface area contributed by atoms with Gasteiger partial charge in [-0.25, -0.2) is 0 Å². The van der Waals surface area contributed by atoms with Gasteiger partial charge in [0, 0.05) is 12.1 Å². The molecule has 2 nitrogen and oxygen atoms in total. The number of para-hydroxylation sites is 1. The van der Waals surface area contributed by atoms with Crippen molar-refractivity contribution in [2.45, 2.75) is 39.3 Å². The summed E-state index contributed by atoms with van der Waals surface area (Å²) < 4.78 is 5.86. The Morgan fingerprint density at radius 1 is 1.05 bits per heavy atom. The first kappa shape index (κ1) is 15.9. The molecular formula is C18H22ClNO. The highest BCUT2D eigenvalue weighted by Gasteiger charge is 2.13. The minimum atomic E-state index is 0.162. The van der Waals surface area contributed by atoms with Crippen LogP contribution in [0.2, 0.25) is 5.02 Å². The van der Waals surface area contributed by atoms with Crippen molar-refractivity contribution < 1.29 is 4.74 Å². The molecule has 0 spiro atoms. The Labute approximate surface area is 131 Å². The van der Waals surface area contributed by atoms with Crippen LogP contribution >= 0.6 is 11.6 Å². The van der Waals surface area contributed by atoms with E-state index in [1.54, 1.807) is 0 Å². The smallest absolute Gasteiger partial charge is 0.142 e. The van der Waals surface area contributed by atoms with E-state index in [1.165, 1.54) is 5.56 Å². The first-order chi connectivity index (χ1) is 9.91. The first-order valence-corrected chi connectivity index (χ1v) is 7.49. The van der Waals surface area contributed by atoms with Crippen LogP contribution in [-0.2, 0) is 18.6 Å². The van der Waals surface area contributed by atoms with E-state index in [9.17, 15) is 0 Å². The summed E-state index contributed by atoms with van der Waals surface area (Å²) in [5.74, 6) is 0.682. The fraction of sp³-hybridized carbons (Fsp3) is 0.333. The zero-order chi connectivity index (χ0) is 15.5. The molecule has 2 aromatic rings. The molecule has 112 valence electrons. The molecule has 0 saturated heterocycles. The van der Waals surface area contributed by atoms with E-state index in [1.807, 2.05) is 18.2 Å². The quantitative estimate of drug-likeness (QED) is 0.890. The van der Waals surface area contributed by atoms with Crippen LogP contribution in [0.5, 0.6) is 5.75 Å². The van der Waals surface area contributed by atoms with Gasteiger partial charge in [-0.3, -0.25) is 0 Å². The summed E-state index contributed by atoms with van der Waals surface area (Å²) >= 11 is 6.18. The van der Waals surface area contributed by atoms with Crippen molar-refractivity contribution in [2.75, 3.05) is 0 Å². The Hall–Kier alpha value is -1.51. The predicted octanol–water partition coefficient (Wildman–Crippen LogP) is 4.68. The van der Waals surface area contributed by atoms with E-state index in [4.69, 9.17) is 22.1 Å². The third-order valence-corrected chi connectivity index (χ3v) is 3.77. The zero-order valence-corrected chi connectivity index (χ0v) is 13.6. The maximum absolute atomic E-state index is 6.18. The van der Waals surface area contributed by atoms with Crippen LogP contribution in [0.25, 0.3) is 0 Å². The number of halogens is 1. The predicted molar refractivity (Wildman–Crippen MR) is 88.8 cm³/mol. The minimum absolute atomic E-state index is 0.162. The summed E-state index contributed by atoms with van der Waals surface area (Å²) in [5, 5.41) is 0.601. The van der Waals surface area contributed by atoms with Gasteiger partial charge in [-0.15, -0.1) is 0 Å². The van der Waals surface area contributed by atoms with E-state index >= 15 is 0 Å². The lowest BCUT2D eigenvalue weighted by Crippen LogP contribution is -2.11. The lowest BCUT2D eigenvalue weighted by Gasteiger charge is -2.19. The second-order valence-corrected chi connectivity index (χ2v) is 6.58. The number of ether oxygens (including phenoxy) is 1. The monoisotopic (exact) mass is 303 g/mol. The second-order valence-electron chi connectivity index (χ2n) is 6.17. The Morgan fingerprint density at radius 3 is 2.29 bits per heavy atom. The summed E-state index contributed by atoms with van der Waals surface area (Å²) in [5.41, 5.74) is 9.23. The average molecular weight is 304 g/mol. The van der Waals surface area contributed by atoms with Gasteiger partial charge in [0.15, 0.2) is 0 Å². The standard InChI is InChI=1S/C18H22ClNO/c1-18(2,3)15-9-7-13(8-10-15)12-21-17-14(11-20)5-4-6-16(17)19/h4-10H,11-12,20H2,1-3H3. The van der Waals surface area contributed by atoms with Gasteiger partial charge in [-0.05, 0) is 22.6 Å². The summed E-state index contributed by atoms with van der Waals surface area (Å²) in [6, 6.07) is 14.1. The molecule has 2 N–H and O–H groups in total. The molecule has 0 aliphatic heterocycles. The molecule has 0 aromatic heterocycles. The first-order valence-electron chi connectivity index (χ1n) is 7.11. The van der Waals surface area contributed by atoms with Crippen LogP contribution in [0.1, 0.15) is 37.5 Å². The maximum atomic E-state index is 6.18. The number of benzene rings is 2. The molecule has 0 amide bonds. The Kier molecular flexibility index (Phi) is 4.92. The van der Waals surface area contributed by atoms with E-state index in [2.05, 4.69) is 45.0 Å². The highest BCUT2D eigenvalue weighted by atomic mass is 35.5. The lowest BCUT2D eigenvalue weighted by molar-refractivity contribution is 0.303. The SMILES string of the molecule is CC(C)(C)c1ccc(COc2c(Cl)cccc2CN)cc1.